The van der Waals surface area contributed by atoms with Crippen LogP contribution in [0.3, 0.4) is 0 Å². The minimum atomic E-state index is -0.338. The molecule has 112 valence electrons. The summed E-state index contributed by atoms with van der Waals surface area (Å²) in [4.78, 5) is 13.7. The summed E-state index contributed by atoms with van der Waals surface area (Å²) in [5, 5.41) is 22.2. The zero-order valence-electron chi connectivity index (χ0n) is 12.1. The molecule has 3 unspecified atom stereocenters. The largest absolute Gasteiger partial charge is 0.396 e. The number of amides is 1. The van der Waals surface area contributed by atoms with Gasteiger partial charge in [-0.25, -0.2) is 0 Å². The van der Waals surface area contributed by atoms with Crippen molar-refractivity contribution in [2.45, 2.75) is 51.7 Å². The number of hydrogen-bond acceptors (Lipinski definition) is 4. The number of aliphatic hydroxyl groups is 2. The second kappa shape index (κ2) is 8.51. The van der Waals surface area contributed by atoms with Gasteiger partial charge in [-0.05, 0) is 25.8 Å². The predicted molar refractivity (Wildman–Crippen MR) is 74.8 cm³/mol. The Labute approximate surface area is 116 Å². The first kappa shape index (κ1) is 16.4. The van der Waals surface area contributed by atoms with E-state index in [0.29, 0.717) is 19.5 Å². The standard InChI is InChI=1S/C14H28N2O3/c1-3-13(18)11-8-12(15-6-5-7-17)10-16(9-11)14(19)4-2/h11-13,15,17-18H,3-10H2,1-2H3. The second-order valence-corrected chi connectivity index (χ2v) is 5.35. The lowest BCUT2D eigenvalue weighted by molar-refractivity contribution is -0.134. The fourth-order valence-electron chi connectivity index (χ4n) is 2.71. The van der Waals surface area contributed by atoms with Gasteiger partial charge in [-0.15, -0.1) is 0 Å². The Bertz CT molecular complexity index is 273. The molecule has 1 heterocycles. The molecule has 19 heavy (non-hydrogen) atoms. The van der Waals surface area contributed by atoms with Crippen molar-refractivity contribution >= 4 is 5.91 Å². The summed E-state index contributed by atoms with van der Waals surface area (Å²) in [5.74, 6) is 0.308. The maximum absolute atomic E-state index is 11.9. The summed E-state index contributed by atoms with van der Waals surface area (Å²) in [6.07, 6.45) is 2.52. The number of aliphatic hydroxyl groups excluding tert-OH is 2. The van der Waals surface area contributed by atoms with Gasteiger partial charge in [0.15, 0.2) is 0 Å². The highest BCUT2D eigenvalue weighted by molar-refractivity contribution is 5.76. The first-order valence-corrected chi connectivity index (χ1v) is 7.42. The minimum Gasteiger partial charge on any atom is -0.396 e. The Kier molecular flexibility index (Phi) is 7.34. The lowest BCUT2D eigenvalue weighted by Gasteiger charge is -2.40. The molecule has 5 heteroatoms. The Morgan fingerprint density at radius 2 is 2.16 bits per heavy atom. The van der Waals surface area contributed by atoms with Gasteiger partial charge in [-0.2, -0.15) is 0 Å². The summed E-state index contributed by atoms with van der Waals surface area (Å²) >= 11 is 0. The van der Waals surface area contributed by atoms with Gasteiger partial charge in [0.25, 0.3) is 0 Å². The Morgan fingerprint density at radius 3 is 2.74 bits per heavy atom. The summed E-state index contributed by atoms with van der Waals surface area (Å²) in [7, 11) is 0. The van der Waals surface area contributed by atoms with Gasteiger partial charge in [-0.1, -0.05) is 13.8 Å². The number of hydrogen-bond donors (Lipinski definition) is 3. The summed E-state index contributed by atoms with van der Waals surface area (Å²) in [6, 6.07) is 0.224. The molecular weight excluding hydrogens is 244 g/mol. The van der Waals surface area contributed by atoms with Crippen LogP contribution in [0.15, 0.2) is 0 Å². The van der Waals surface area contributed by atoms with Crippen LogP contribution in [-0.4, -0.2) is 59.4 Å². The number of nitrogens with zero attached hydrogens (tertiary/aromatic N) is 1. The van der Waals surface area contributed by atoms with E-state index in [1.165, 1.54) is 0 Å². The summed E-state index contributed by atoms with van der Waals surface area (Å²) in [6.45, 7) is 6.16. The van der Waals surface area contributed by atoms with Crippen LogP contribution in [-0.2, 0) is 4.79 Å². The molecule has 1 aliphatic rings. The number of piperidine rings is 1. The van der Waals surface area contributed by atoms with E-state index in [4.69, 9.17) is 5.11 Å². The number of carbonyl (C=O) groups excluding carboxylic acids is 1. The smallest absolute Gasteiger partial charge is 0.222 e. The molecule has 0 saturated carbocycles. The first-order valence-electron chi connectivity index (χ1n) is 7.42. The van der Waals surface area contributed by atoms with Crippen molar-refractivity contribution in [3.63, 3.8) is 0 Å². The highest BCUT2D eigenvalue weighted by Crippen LogP contribution is 2.22. The fourth-order valence-corrected chi connectivity index (χ4v) is 2.71. The maximum Gasteiger partial charge on any atom is 0.222 e. The molecule has 0 aromatic heterocycles. The maximum atomic E-state index is 11.9. The summed E-state index contributed by atoms with van der Waals surface area (Å²) in [5.41, 5.74) is 0. The Balaban J connectivity index is 2.58. The number of likely N-dealkylation sites (tertiary alicyclic amines) is 1. The third-order valence-corrected chi connectivity index (χ3v) is 3.87. The van der Waals surface area contributed by atoms with E-state index in [0.717, 1.165) is 25.8 Å². The van der Waals surface area contributed by atoms with Gasteiger partial charge < -0.3 is 20.4 Å². The topological polar surface area (TPSA) is 72.8 Å². The molecule has 0 aliphatic carbocycles. The van der Waals surface area contributed by atoms with Crippen LogP contribution in [0.5, 0.6) is 0 Å². The van der Waals surface area contributed by atoms with Crippen molar-refractivity contribution in [3.8, 4) is 0 Å². The van der Waals surface area contributed by atoms with Gasteiger partial charge in [0.1, 0.15) is 0 Å². The van der Waals surface area contributed by atoms with Gasteiger partial charge in [-0.3, -0.25) is 4.79 Å². The number of carbonyl (C=O) groups is 1. The molecule has 1 rings (SSSR count). The van der Waals surface area contributed by atoms with Crippen molar-refractivity contribution in [2.75, 3.05) is 26.2 Å². The predicted octanol–water partition coefficient (Wildman–Crippen LogP) is 0.356. The Morgan fingerprint density at radius 1 is 1.42 bits per heavy atom. The number of nitrogens with one attached hydrogen (secondary N) is 1. The van der Waals surface area contributed by atoms with E-state index in [1.807, 2.05) is 18.7 Å². The summed E-state index contributed by atoms with van der Waals surface area (Å²) < 4.78 is 0. The molecule has 0 spiro atoms. The van der Waals surface area contributed by atoms with Crippen molar-refractivity contribution in [1.82, 2.24) is 10.2 Å². The lowest BCUT2D eigenvalue weighted by atomic mass is 9.88. The van der Waals surface area contributed by atoms with Crippen LogP contribution in [0.4, 0.5) is 0 Å². The highest BCUT2D eigenvalue weighted by Gasteiger charge is 2.32. The van der Waals surface area contributed by atoms with Gasteiger partial charge in [0.2, 0.25) is 5.91 Å². The van der Waals surface area contributed by atoms with Gasteiger partial charge >= 0.3 is 0 Å². The molecule has 1 fully saturated rings. The third-order valence-electron chi connectivity index (χ3n) is 3.87. The Hall–Kier alpha value is -0.650. The van der Waals surface area contributed by atoms with Crippen LogP contribution in [0.1, 0.15) is 39.5 Å². The van der Waals surface area contributed by atoms with E-state index >= 15 is 0 Å². The molecule has 0 aromatic carbocycles. The molecule has 1 amide bonds. The molecule has 0 aromatic rings. The average Bonchev–Trinajstić information content (AvgIpc) is 2.45. The molecule has 0 bridgehead atoms. The quantitative estimate of drug-likeness (QED) is 0.585. The van der Waals surface area contributed by atoms with Gasteiger partial charge in [0.05, 0.1) is 6.10 Å². The van der Waals surface area contributed by atoms with Crippen LogP contribution < -0.4 is 5.32 Å². The van der Waals surface area contributed by atoms with Crippen LogP contribution >= 0.6 is 0 Å². The normalized spacial score (nSPS) is 25.4. The van der Waals surface area contributed by atoms with Crippen molar-refractivity contribution in [2.24, 2.45) is 5.92 Å². The fraction of sp³-hybridized carbons (Fsp3) is 0.929. The monoisotopic (exact) mass is 272 g/mol. The van der Waals surface area contributed by atoms with Crippen molar-refractivity contribution < 1.29 is 15.0 Å². The molecule has 1 aliphatic heterocycles. The van der Waals surface area contributed by atoms with Crippen LogP contribution in [0.25, 0.3) is 0 Å². The van der Waals surface area contributed by atoms with E-state index in [1.54, 1.807) is 0 Å². The van der Waals surface area contributed by atoms with E-state index in [9.17, 15) is 9.90 Å². The van der Waals surface area contributed by atoms with Crippen molar-refractivity contribution in [3.05, 3.63) is 0 Å². The second-order valence-electron chi connectivity index (χ2n) is 5.35. The molecular formula is C14H28N2O3. The molecule has 5 nitrogen and oxygen atoms in total. The number of rotatable bonds is 7. The SMILES string of the molecule is CCC(=O)N1CC(NCCCO)CC(C(O)CC)C1. The molecule has 1 saturated heterocycles. The van der Waals surface area contributed by atoms with Crippen molar-refractivity contribution in [1.29, 1.82) is 0 Å². The average molecular weight is 272 g/mol. The van der Waals surface area contributed by atoms with Crippen LogP contribution in [0, 0.1) is 5.92 Å². The lowest BCUT2D eigenvalue weighted by Crippen LogP contribution is -2.53. The first-order chi connectivity index (χ1) is 9.12. The van der Waals surface area contributed by atoms with Crippen LogP contribution in [0.2, 0.25) is 0 Å². The van der Waals surface area contributed by atoms with E-state index in [2.05, 4.69) is 5.32 Å². The third kappa shape index (κ3) is 5.09. The molecule has 0 radical (unpaired) electrons. The minimum absolute atomic E-state index is 0.154. The highest BCUT2D eigenvalue weighted by atomic mass is 16.3. The zero-order chi connectivity index (χ0) is 14.3. The molecule has 3 N–H and O–H groups in total. The van der Waals surface area contributed by atoms with E-state index in [-0.39, 0.29) is 30.6 Å². The zero-order valence-corrected chi connectivity index (χ0v) is 12.1. The van der Waals surface area contributed by atoms with Gasteiger partial charge in [0, 0.05) is 38.1 Å². The molecule has 3 atom stereocenters. The van der Waals surface area contributed by atoms with E-state index < -0.39 is 0 Å².